The van der Waals surface area contributed by atoms with E-state index in [0.29, 0.717) is 22.1 Å². The van der Waals surface area contributed by atoms with Gasteiger partial charge in [-0.3, -0.25) is 10.1 Å². The smallest absolute Gasteiger partial charge is 0.257 e. The van der Waals surface area contributed by atoms with Crippen molar-refractivity contribution in [1.29, 1.82) is 0 Å². The van der Waals surface area contributed by atoms with E-state index in [-0.39, 0.29) is 5.91 Å². The highest BCUT2D eigenvalue weighted by Gasteiger charge is 2.13. The van der Waals surface area contributed by atoms with Crippen molar-refractivity contribution in [3.8, 4) is 17.2 Å². The van der Waals surface area contributed by atoms with Crippen LogP contribution in [0.3, 0.4) is 0 Å². The molecule has 4 aromatic rings. The lowest BCUT2D eigenvalue weighted by Crippen LogP contribution is -2.11. The molecule has 2 heterocycles. The zero-order chi connectivity index (χ0) is 18.1. The molecule has 0 aliphatic carbocycles. The van der Waals surface area contributed by atoms with Gasteiger partial charge in [0.1, 0.15) is 17.0 Å². The van der Waals surface area contributed by atoms with Crippen molar-refractivity contribution >= 4 is 33.3 Å². The van der Waals surface area contributed by atoms with Crippen LogP contribution in [0.2, 0.25) is 0 Å². The summed E-state index contributed by atoms with van der Waals surface area (Å²) in [5, 5.41) is 6.19. The number of nitrogens with zero attached hydrogens (tertiary/aromatic N) is 1. The Bertz CT molecular complexity index is 1080. The van der Waals surface area contributed by atoms with Crippen LogP contribution < -0.4 is 10.1 Å². The number of ether oxygens (including phenoxy) is 1. The summed E-state index contributed by atoms with van der Waals surface area (Å²) in [6, 6.07) is 15.0. The van der Waals surface area contributed by atoms with Crippen LogP contribution in [0.1, 0.15) is 15.9 Å². The van der Waals surface area contributed by atoms with Crippen LogP contribution in [-0.2, 0) is 0 Å². The fourth-order valence-electron chi connectivity index (χ4n) is 2.58. The maximum absolute atomic E-state index is 12.3. The average Bonchev–Trinajstić information content (AvgIpc) is 3.28. The van der Waals surface area contributed by atoms with Crippen LogP contribution >= 0.6 is 11.3 Å². The Labute approximate surface area is 154 Å². The van der Waals surface area contributed by atoms with E-state index in [2.05, 4.69) is 10.3 Å². The molecule has 6 heteroatoms. The molecule has 0 aliphatic heterocycles. The minimum atomic E-state index is -0.180. The van der Waals surface area contributed by atoms with Crippen LogP contribution in [0.5, 0.6) is 5.75 Å². The number of furan rings is 1. The maximum Gasteiger partial charge on any atom is 0.257 e. The summed E-state index contributed by atoms with van der Waals surface area (Å²) >= 11 is 1.36. The molecule has 1 N–H and O–H groups in total. The van der Waals surface area contributed by atoms with Gasteiger partial charge in [0.25, 0.3) is 5.91 Å². The Kier molecular flexibility index (Phi) is 4.18. The molecule has 5 nitrogen and oxygen atoms in total. The summed E-state index contributed by atoms with van der Waals surface area (Å²) in [7, 11) is 1.62. The van der Waals surface area contributed by atoms with Gasteiger partial charge in [0.15, 0.2) is 10.9 Å². The number of amides is 1. The third kappa shape index (κ3) is 3.19. The molecule has 1 amide bonds. The molecule has 2 aromatic carbocycles. The zero-order valence-corrected chi connectivity index (χ0v) is 15.1. The Morgan fingerprint density at radius 3 is 2.73 bits per heavy atom. The highest BCUT2D eigenvalue weighted by molar-refractivity contribution is 7.14. The lowest BCUT2D eigenvalue weighted by atomic mass is 10.1. The van der Waals surface area contributed by atoms with Crippen molar-refractivity contribution in [2.45, 2.75) is 6.92 Å². The van der Waals surface area contributed by atoms with Gasteiger partial charge in [0, 0.05) is 22.4 Å². The topological polar surface area (TPSA) is 64.4 Å². The maximum atomic E-state index is 12.3. The van der Waals surface area contributed by atoms with Crippen LogP contribution in [0.15, 0.2) is 58.3 Å². The van der Waals surface area contributed by atoms with Crippen molar-refractivity contribution in [1.82, 2.24) is 4.98 Å². The first-order valence-electron chi connectivity index (χ1n) is 8.04. The second kappa shape index (κ2) is 6.65. The molecule has 2 aromatic heterocycles. The summed E-state index contributed by atoms with van der Waals surface area (Å²) in [4.78, 5) is 16.8. The molecule has 0 aliphatic rings. The third-order valence-corrected chi connectivity index (χ3v) is 4.78. The van der Waals surface area contributed by atoms with E-state index in [1.54, 1.807) is 19.2 Å². The number of nitrogens with one attached hydrogen (secondary N) is 1. The van der Waals surface area contributed by atoms with Gasteiger partial charge < -0.3 is 9.15 Å². The van der Waals surface area contributed by atoms with Gasteiger partial charge in [-0.05, 0) is 37.3 Å². The number of anilines is 1. The number of aryl methyl sites for hydroxylation is 1. The Balaban J connectivity index is 1.56. The van der Waals surface area contributed by atoms with Gasteiger partial charge in [-0.15, -0.1) is 11.3 Å². The van der Waals surface area contributed by atoms with Crippen molar-refractivity contribution < 1.29 is 13.9 Å². The fourth-order valence-corrected chi connectivity index (χ4v) is 3.28. The number of carbonyl (C=O) groups is 1. The number of hydrogen-bond donors (Lipinski definition) is 1. The van der Waals surface area contributed by atoms with Crippen molar-refractivity contribution in [3.63, 3.8) is 0 Å². The van der Waals surface area contributed by atoms with Gasteiger partial charge in [-0.2, -0.15) is 0 Å². The predicted octanol–water partition coefficient (Wildman–Crippen LogP) is 5.13. The molecule has 0 saturated carbocycles. The molecule has 0 spiro atoms. The molecule has 0 unspecified atom stereocenters. The predicted molar refractivity (Wildman–Crippen MR) is 103 cm³/mol. The number of carbonyl (C=O) groups excluding carboxylic acids is 1. The monoisotopic (exact) mass is 364 g/mol. The van der Waals surface area contributed by atoms with Crippen molar-refractivity contribution in [3.05, 3.63) is 65.0 Å². The Morgan fingerprint density at radius 1 is 1.15 bits per heavy atom. The number of fused-ring (bicyclic) bond motifs is 1. The first kappa shape index (κ1) is 16.4. The lowest BCUT2D eigenvalue weighted by molar-refractivity contribution is 0.102. The summed E-state index contributed by atoms with van der Waals surface area (Å²) < 4.78 is 11.1. The third-order valence-electron chi connectivity index (χ3n) is 4.02. The van der Waals surface area contributed by atoms with E-state index < -0.39 is 0 Å². The van der Waals surface area contributed by atoms with E-state index in [4.69, 9.17) is 9.15 Å². The molecular formula is C20H16N2O3S. The number of rotatable bonds is 4. The molecule has 130 valence electrons. The molecule has 0 bridgehead atoms. The first-order valence-corrected chi connectivity index (χ1v) is 8.92. The van der Waals surface area contributed by atoms with Crippen LogP contribution in [-0.4, -0.2) is 18.0 Å². The Hall–Kier alpha value is -3.12. The molecule has 0 fully saturated rings. The van der Waals surface area contributed by atoms with Crippen molar-refractivity contribution in [2.24, 2.45) is 0 Å². The molecule has 0 saturated heterocycles. The number of aromatic nitrogens is 1. The van der Waals surface area contributed by atoms with E-state index in [0.717, 1.165) is 22.3 Å². The van der Waals surface area contributed by atoms with Crippen LogP contribution in [0.25, 0.3) is 22.4 Å². The second-order valence-electron chi connectivity index (χ2n) is 5.87. The molecule has 0 atom stereocenters. The van der Waals surface area contributed by atoms with Gasteiger partial charge in [-0.1, -0.05) is 17.7 Å². The lowest BCUT2D eigenvalue weighted by Gasteiger charge is -2.01. The summed E-state index contributed by atoms with van der Waals surface area (Å²) in [6.07, 6.45) is 0. The van der Waals surface area contributed by atoms with E-state index in [1.807, 2.05) is 48.7 Å². The average molecular weight is 364 g/mol. The molecule has 0 radical (unpaired) electrons. The first-order chi connectivity index (χ1) is 12.6. The number of methoxy groups -OCH3 is 1. The summed E-state index contributed by atoms with van der Waals surface area (Å²) in [5.41, 5.74) is 3.13. The normalized spacial score (nSPS) is 10.8. The van der Waals surface area contributed by atoms with Gasteiger partial charge in [-0.25, -0.2) is 4.98 Å². The van der Waals surface area contributed by atoms with Gasteiger partial charge in [0.2, 0.25) is 0 Å². The summed E-state index contributed by atoms with van der Waals surface area (Å²) in [5.74, 6) is 1.21. The van der Waals surface area contributed by atoms with Crippen molar-refractivity contribution in [2.75, 3.05) is 12.4 Å². The summed E-state index contributed by atoms with van der Waals surface area (Å²) in [6.45, 7) is 1.98. The standard InChI is InChI=1S/C20H16N2O3S/c1-12-3-5-13(6-4-12)19(23)22-20-21-16(11-26-20)18-9-14-7-8-15(24-2)10-17(14)25-18/h3-11H,1-2H3,(H,21,22,23). The highest BCUT2D eigenvalue weighted by atomic mass is 32.1. The van der Waals surface area contributed by atoms with Gasteiger partial charge in [0.05, 0.1) is 7.11 Å². The largest absolute Gasteiger partial charge is 0.497 e. The number of benzene rings is 2. The highest BCUT2D eigenvalue weighted by Crippen LogP contribution is 2.32. The minimum absolute atomic E-state index is 0.180. The van der Waals surface area contributed by atoms with Crippen LogP contribution in [0, 0.1) is 6.92 Å². The number of hydrogen-bond acceptors (Lipinski definition) is 5. The zero-order valence-electron chi connectivity index (χ0n) is 14.3. The van der Waals surface area contributed by atoms with E-state index in [9.17, 15) is 4.79 Å². The molecule has 4 rings (SSSR count). The fraction of sp³-hybridized carbons (Fsp3) is 0.100. The number of thiazole rings is 1. The quantitative estimate of drug-likeness (QED) is 0.545. The van der Waals surface area contributed by atoms with E-state index >= 15 is 0 Å². The van der Waals surface area contributed by atoms with Crippen LogP contribution in [0.4, 0.5) is 5.13 Å². The Morgan fingerprint density at radius 2 is 1.96 bits per heavy atom. The minimum Gasteiger partial charge on any atom is -0.497 e. The molecular weight excluding hydrogens is 348 g/mol. The molecule has 26 heavy (non-hydrogen) atoms. The SMILES string of the molecule is COc1ccc2cc(-c3csc(NC(=O)c4ccc(C)cc4)n3)oc2c1. The second-order valence-corrected chi connectivity index (χ2v) is 6.73. The van der Waals surface area contributed by atoms with Gasteiger partial charge >= 0.3 is 0 Å². The van der Waals surface area contributed by atoms with E-state index in [1.165, 1.54) is 11.3 Å².